The van der Waals surface area contributed by atoms with Crippen LogP contribution in [0.15, 0.2) is 0 Å². The molecule has 1 amide bonds. The van der Waals surface area contributed by atoms with Gasteiger partial charge in [0.05, 0.1) is 5.41 Å². The van der Waals surface area contributed by atoms with Crippen LogP contribution in [0.5, 0.6) is 0 Å². The maximum atomic E-state index is 13.1. The van der Waals surface area contributed by atoms with Gasteiger partial charge in [-0.25, -0.2) is 0 Å². The van der Waals surface area contributed by atoms with Gasteiger partial charge in [-0.2, -0.15) is 0 Å². The fraction of sp³-hybridized carbons (Fsp3) is 0.947. The van der Waals surface area contributed by atoms with Gasteiger partial charge < -0.3 is 10.6 Å². The summed E-state index contributed by atoms with van der Waals surface area (Å²) in [5, 5.41) is 6.82. The average molecular weight is 304 g/mol. The van der Waals surface area contributed by atoms with Crippen LogP contribution in [0.4, 0.5) is 0 Å². The highest BCUT2D eigenvalue weighted by atomic mass is 16.2. The number of piperidine rings is 1. The highest BCUT2D eigenvalue weighted by molar-refractivity contribution is 5.83. The van der Waals surface area contributed by atoms with Gasteiger partial charge in [-0.3, -0.25) is 4.79 Å². The smallest absolute Gasteiger partial charge is 0.226 e. The molecule has 0 radical (unpaired) electrons. The molecule has 2 N–H and O–H groups in total. The summed E-state index contributed by atoms with van der Waals surface area (Å²) in [6.07, 6.45) is 10.0. The maximum absolute atomic E-state index is 13.1. The molecular weight excluding hydrogens is 272 g/mol. The second kappa shape index (κ2) is 4.96. The molecule has 5 aliphatic rings. The first-order chi connectivity index (χ1) is 10.4. The molecule has 3 atom stereocenters. The van der Waals surface area contributed by atoms with E-state index in [-0.39, 0.29) is 5.41 Å². The molecule has 4 bridgehead atoms. The largest absolute Gasteiger partial charge is 0.355 e. The lowest BCUT2D eigenvalue weighted by Gasteiger charge is -2.64. The van der Waals surface area contributed by atoms with Crippen molar-refractivity contribution in [1.82, 2.24) is 10.6 Å². The van der Waals surface area contributed by atoms with E-state index in [9.17, 15) is 4.79 Å². The van der Waals surface area contributed by atoms with E-state index in [0.717, 1.165) is 44.8 Å². The molecule has 1 aliphatic heterocycles. The second-order valence-electron chi connectivity index (χ2n) is 9.83. The van der Waals surface area contributed by atoms with Crippen LogP contribution in [0.1, 0.15) is 65.2 Å². The van der Waals surface area contributed by atoms with Crippen molar-refractivity contribution in [3.8, 4) is 0 Å². The van der Waals surface area contributed by atoms with Crippen LogP contribution < -0.4 is 10.6 Å². The highest BCUT2D eigenvalue weighted by Gasteiger charge is 2.62. The molecule has 0 spiro atoms. The Bertz CT molecular complexity index is 450. The first-order valence-electron chi connectivity index (χ1n) is 9.40. The van der Waals surface area contributed by atoms with E-state index in [2.05, 4.69) is 24.5 Å². The topological polar surface area (TPSA) is 41.1 Å². The third-order valence-corrected chi connectivity index (χ3v) is 7.06. The van der Waals surface area contributed by atoms with Crippen molar-refractivity contribution >= 4 is 5.91 Å². The van der Waals surface area contributed by atoms with Gasteiger partial charge in [-0.15, -0.1) is 0 Å². The molecule has 0 aromatic rings. The summed E-state index contributed by atoms with van der Waals surface area (Å²) in [6, 6.07) is 0. The minimum Gasteiger partial charge on any atom is -0.355 e. The summed E-state index contributed by atoms with van der Waals surface area (Å²) < 4.78 is 0. The van der Waals surface area contributed by atoms with Crippen molar-refractivity contribution in [1.29, 1.82) is 0 Å². The minimum atomic E-state index is -0.0367. The lowest BCUT2D eigenvalue weighted by atomic mass is 9.40. The molecule has 5 rings (SSSR count). The van der Waals surface area contributed by atoms with Crippen LogP contribution in [0.25, 0.3) is 0 Å². The lowest BCUT2D eigenvalue weighted by molar-refractivity contribution is -0.170. The number of hydrogen-bond donors (Lipinski definition) is 2. The molecule has 4 saturated carbocycles. The van der Waals surface area contributed by atoms with Gasteiger partial charge >= 0.3 is 0 Å². The summed E-state index contributed by atoms with van der Waals surface area (Å²) in [6.45, 7) is 8.00. The molecule has 1 heterocycles. The maximum Gasteiger partial charge on any atom is 0.226 e. The number of amides is 1. The summed E-state index contributed by atoms with van der Waals surface area (Å²) in [5.41, 5.74) is 0.820. The third-order valence-electron chi connectivity index (χ3n) is 7.06. The van der Waals surface area contributed by atoms with Crippen molar-refractivity contribution in [2.24, 2.45) is 28.1 Å². The standard InChI is InChI=1S/C19H32N2O/c1-17-6-15-7-18(2,11-17)13-19(8-15,12-17)16(22)21-10-14-4-3-5-20-9-14/h14-15,20H,3-13H2,1-2H3,(H,21,22). The molecule has 3 heteroatoms. The van der Waals surface area contributed by atoms with E-state index in [1.54, 1.807) is 0 Å². The van der Waals surface area contributed by atoms with Crippen LogP contribution in [-0.4, -0.2) is 25.5 Å². The van der Waals surface area contributed by atoms with E-state index < -0.39 is 0 Å². The van der Waals surface area contributed by atoms with Gasteiger partial charge in [-0.05, 0) is 87.1 Å². The SMILES string of the molecule is CC12CC3CC(C)(C1)CC(C(=O)NCC1CCCNC1)(C3)C2. The molecule has 1 saturated heterocycles. The van der Waals surface area contributed by atoms with E-state index >= 15 is 0 Å². The molecule has 22 heavy (non-hydrogen) atoms. The van der Waals surface area contributed by atoms with E-state index in [1.165, 1.54) is 32.1 Å². The highest BCUT2D eigenvalue weighted by Crippen LogP contribution is 2.69. The molecule has 124 valence electrons. The van der Waals surface area contributed by atoms with E-state index in [1.807, 2.05) is 0 Å². The molecule has 0 aromatic heterocycles. The van der Waals surface area contributed by atoms with Crippen molar-refractivity contribution in [2.75, 3.05) is 19.6 Å². The normalized spacial score (nSPS) is 50.1. The number of hydrogen-bond acceptors (Lipinski definition) is 2. The van der Waals surface area contributed by atoms with E-state index in [4.69, 9.17) is 0 Å². The second-order valence-corrected chi connectivity index (χ2v) is 9.83. The van der Waals surface area contributed by atoms with Crippen LogP contribution in [0.3, 0.4) is 0 Å². The molecule has 3 unspecified atom stereocenters. The molecule has 5 fully saturated rings. The summed E-state index contributed by atoms with van der Waals surface area (Å²) >= 11 is 0. The van der Waals surface area contributed by atoms with Gasteiger partial charge in [-0.1, -0.05) is 13.8 Å². The lowest BCUT2D eigenvalue weighted by Crippen LogP contribution is -2.60. The number of carbonyl (C=O) groups excluding carboxylic acids is 1. The third kappa shape index (κ3) is 2.50. The minimum absolute atomic E-state index is 0.0367. The molecular formula is C19H32N2O. The molecule has 3 nitrogen and oxygen atoms in total. The quantitative estimate of drug-likeness (QED) is 0.841. The molecule has 4 aliphatic carbocycles. The fourth-order valence-electron chi connectivity index (χ4n) is 7.22. The Kier molecular flexibility index (Phi) is 3.38. The fourth-order valence-corrected chi connectivity index (χ4v) is 7.22. The predicted molar refractivity (Wildman–Crippen MR) is 88.4 cm³/mol. The Morgan fingerprint density at radius 2 is 1.86 bits per heavy atom. The zero-order valence-electron chi connectivity index (χ0n) is 14.3. The van der Waals surface area contributed by atoms with Gasteiger partial charge in [0, 0.05) is 6.54 Å². The summed E-state index contributed by atoms with van der Waals surface area (Å²) in [7, 11) is 0. The first kappa shape index (κ1) is 15.0. The average Bonchev–Trinajstić information content (AvgIpc) is 2.42. The van der Waals surface area contributed by atoms with Gasteiger partial charge in [0.1, 0.15) is 0 Å². The van der Waals surface area contributed by atoms with Crippen LogP contribution in [-0.2, 0) is 4.79 Å². The number of carbonyl (C=O) groups is 1. The van der Waals surface area contributed by atoms with Crippen molar-refractivity contribution < 1.29 is 4.79 Å². The van der Waals surface area contributed by atoms with Gasteiger partial charge in [0.2, 0.25) is 5.91 Å². The Morgan fingerprint density at radius 1 is 1.14 bits per heavy atom. The summed E-state index contributed by atoms with van der Waals surface area (Å²) in [5.74, 6) is 1.82. The van der Waals surface area contributed by atoms with Gasteiger partial charge in [0.25, 0.3) is 0 Å². The zero-order chi connectivity index (χ0) is 15.4. The van der Waals surface area contributed by atoms with Crippen molar-refractivity contribution in [3.05, 3.63) is 0 Å². The van der Waals surface area contributed by atoms with Crippen molar-refractivity contribution in [3.63, 3.8) is 0 Å². The number of rotatable bonds is 3. The predicted octanol–water partition coefficient (Wildman–Crippen LogP) is 3.10. The van der Waals surface area contributed by atoms with Gasteiger partial charge in [0.15, 0.2) is 0 Å². The Labute approximate surface area is 135 Å². The van der Waals surface area contributed by atoms with Crippen LogP contribution >= 0.6 is 0 Å². The van der Waals surface area contributed by atoms with Crippen LogP contribution in [0.2, 0.25) is 0 Å². The van der Waals surface area contributed by atoms with Crippen molar-refractivity contribution in [2.45, 2.75) is 65.2 Å². The Morgan fingerprint density at radius 3 is 2.45 bits per heavy atom. The van der Waals surface area contributed by atoms with E-state index in [0.29, 0.717) is 22.7 Å². The van der Waals surface area contributed by atoms with Crippen LogP contribution in [0, 0.1) is 28.1 Å². The number of nitrogens with one attached hydrogen (secondary N) is 2. The zero-order valence-corrected chi connectivity index (χ0v) is 14.3. The first-order valence-corrected chi connectivity index (χ1v) is 9.40. The Balaban J connectivity index is 1.45. The molecule has 0 aromatic carbocycles. The Hall–Kier alpha value is -0.570. The summed E-state index contributed by atoms with van der Waals surface area (Å²) in [4.78, 5) is 13.1. The monoisotopic (exact) mass is 304 g/mol.